The fraction of sp³-hybridized carbons (Fsp3) is 0.833. The topological polar surface area (TPSA) is 77.8 Å². The summed E-state index contributed by atoms with van der Waals surface area (Å²) in [6.45, 7) is 14.8. The molecule has 0 aliphatic heterocycles. The van der Waals surface area contributed by atoms with Gasteiger partial charge < -0.3 is 20.1 Å². The molecular formula is C30H48O4. The molecule has 0 aromatic heterocycles. The van der Waals surface area contributed by atoms with E-state index in [-0.39, 0.29) is 28.1 Å². The van der Waals surface area contributed by atoms with Crippen LogP contribution in [-0.4, -0.2) is 39.4 Å². The summed E-state index contributed by atoms with van der Waals surface area (Å²) in [6.07, 6.45) is 12.7. The van der Waals surface area contributed by atoms with Crippen LogP contribution < -0.4 is 0 Å². The van der Waals surface area contributed by atoms with E-state index in [2.05, 4.69) is 40.7 Å². The molecule has 0 aromatic rings. The van der Waals surface area contributed by atoms with Crippen molar-refractivity contribution in [3.63, 3.8) is 0 Å². The number of carbonyl (C=O) groups is 1. The van der Waals surface area contributed by atoms with Crippen LogP contribution in [0.25, 0.3) is 0 Å². The first-order chi connectivity index (χ1) is 15.6. The minimum absolute atomic E-state index is 0.0624. The van der Waals surface area contributed by atoms with Gasteiger partial charge in [0, 0.05) is 16.7 Å². The average molecular weight is 473 g/mol. The smallest absolute Gasteiger partial charge is 0.127 e. The van der Waals surface area contributed by atoms with E-state index in [1.165, 1.54) is 11.9 Å². The molecule has 0 aromatic carbocycles. The zero-order valence-corrected chi connectivity index (χ0v) is 22.5. The number of hydrogen-bond donors (Lipinski definition) is 3. The van der Waals surface area contributed by atoms with Crippen molar-refractivity contribution < 1.29 is 20.1 Å². The molecule has 0 unspecified atom stereocenters. The quantitative estimate of drug-likeness (QED) is 0.367. The first-order valence-electron chi connectivity index (χ1n) is 13.6. The van der Waals surface area contributed by atoms with E-state index in [1.807, 2.05) is 12.2 Å². The molecule has 3 N–H and O–H groups in total. The van der Waals surface area contributed by atoms with Crippen LogP contribution in [0, 0.1) is 45.3 Å². The Balaban J connectivity index is 1.70. The lowest BCUT2D eigenvalue weighted by atomic mass is 9.40. The van der Waals surface area contributed by atoms with E-state index in [0.717, 1.165) is 44.9 Å². The fourth-order valence-electron chi connectivity index (χ4n) is 9.39. The Morgan fingerprint density at radius 2 is 1.76 bits per heavy atom. The van der Waals surface area contributed by atoms with E-state index >= 15 is 0 Å². The number of aldehydes is 1. The van der Waals surface area contributed by atoms with Crippen LogP contribution in [0.2, 0.25) is 0 Å². The first-order valence-corrected chi connectivity index (χ1v) is 13.6. The van der Waals surface area contributed by atoms with Gasteiger partial charge in [-0.2, -0.15) is 0 Å². The van der Waals surface area contributed by atoms with Crippen LogP contribution in [0.15, 0.2) is 23.8 Å². The minimum atomic E-state index is -0.809. The largest absolute Gasteiger partial charge is 0.392 e. The van der Waals surface area contributed by atoms with Crippen molar-refractivity contribution in [3.8, 4) is 0 Å². The van der Waals surface area contributed by atoms with Crippen molar-refractivity contribution in [1.82, 2.24) is 0 Å². The molecule has 192 valence electrons. The number of fused-ring (bicyclic) bond motifs is 5. The van der Waals surface area contributed by atoms with Crippen LogP contribution in [0.3, 0.4) is 0 Å². The maximum atomic E-state index is 13.1. The Kier molecular flexibility index (Phi) is 6.36. The molecule has 4 rings (SSSR count). The Morgan fingerprint density at radius 3 is 2.38 bits per heavy atom. The molecule has 3 fully saturated rings. The summed E-state index contributed by atoms with van der Waals surface area (Å²) in [4.78, 5) is 13.1. The normalized spacial score (nSPS) is 46.9. The highest BCUT2D eigenvalue weighted by molar-refractivity contribution is 5.64. The van der Waals surface area contributed by atoms with Gasteiger partial charge in [0.1, 0.15) is 6.29 Å². The highest BCUT2D eigenvalue weighted by Gasteiger charge is 2.69. The molecule has 4 aliphatic rings. The van der Waals surface area contributed by atoms with Crippen LogP contribution in [0.5, 0.6) is 0 Å². The van der Waals surface area contributed by atoms with Gasteiger partial charge in [-0.25, -0.2) is 0 Å². The fourth-order valence-corrected chi connectivity index (χ4v) is 9.39. The van der Waals surface area contributed by atoms with Crippen LogP contribution >= 0.6 is 0 Å². The second kappa shape index (κ2) is 8.28. The Labute approximate surface area is 206 Å². The van der Waals surface area contributed by atoms with Crippen LogP contribution in [0.1, 0.15) is 93.4 Å². The lowest BCUT2D eigenvalue weighted by molar-refractivity contribution is -0.168. The Morgan fingerprint density at radius 1 is 1.09 bits per heavy atom. The SMILES string of the molecule is C[C@H](C/C=C\C(C)(C)O)[C@H]1CC[C@@]2(C=O)[C@@H]3[C@@H](CC[C@]12C)[C@]1(C)CC[C@H](O)C(C)(C)C1=C[C@@H]3O. The summed E-state index contributed by atoms with van der Waals surface area (Å²) in [5.41, 5.74) is -0.686. The van der Waals surface area contributed by atoms with E-state index in [4.69, 9.17) is 0 Å². The van der Waals surface area contributed by atoms with Gasteiger partial charge in [-0.1, -0.05) is 58.4 Å². The second-order valence-corrected chi connectivity index (χ2v) is 13.9. The molecule has 4 nitrogen and oxygen atoms in total. The molecule has 4 heteroatoms. The number of rotatable bonds is 5. The van der Waals surface area contributed by atoms with Crippen molar-refractivity contribution in [2.24, 2.45) is 45.3 Å². The van der Waals surface area contributed by atoms with Gasteiger partial charge in [0.15, 0.2) is 0 Å². The van der Waals surface area contributed by atoms with Crippen LogP contribution in [-0.2, 0) is 4.79 Å². The van der Waals surface area contributed by atoms with Crippen molar-refractivity contribution in [2.45, 2.75) is 111 Å². The minimum Gasteiger partial charge on any atom is -0.392 e. The van der Waals surface area contributed by atoms with E-state index in [1.54, 1.807) is 13.8 Å². The van der Waals surface area contributed by atoms with Gasteiger partial charge in [0.05, 0.1) is 17.8 Å². The van der Waals surface area contributed by atoms with Crippen molar-refractivity contribution in [2.75, 3.05) is 0 Å². The van der Waals surface area contributed by atoms with E-state index < -0.39 is 23.2 Å². The molecule has 9 atom stereocenters. The Hall–Kier alpha value is -0.970. The standard InChI is InChI=1S/C30H48O4/c1-19(9-8-13-26(2,3)34)20-11-16-30(18-31)25-21(10-15-29(20,30)7)28(6)14-12-24(33)27(4,5)23(28)17-22(25)32/h8,13,17-22,24-25,32-34H,9-12,14-16H2,1-7H3/b13-8-/t19-,20-,21-,22+,24+,25-,28+,29-,30-/m1/s1. The van der Waals surface area contributed by atoms with Gasteiger partial charge in [-0.15, -0.1) is 0 Å². The van der Waals surface area contributed by atoms with Gasteiger partial charge in [-0.3, -0.25) is 0 Å². The predicted octanol–water partition coefficient (Wildman–Crippen LogP) is 5.46. The van der Waals surface area contributed by atoms with Gasteiger partial charge >= 0.3 is 0 Å². The molecular weight excluding hydrogens is 424 g/mol. The van der Waals surface area contributed by atoms with Gasteiger partial charge in [0.25, 0.3) is 0 Å². The van der Waals surface area contributed by atoms with E-state index in [0.29, 0.717) is 11.8 Å². The van der Waals surface area contributed by atoms with Crippen molar-refractivity contribution in [1.29, 1.82) is 0 Å². The molecule has 0 radical (unpaired) electrons. The van der Waals surface area contributed by atoms with Crippen molar-refractivity contribution >= 4 is 6.29 Å². The zero-order valence-electron chi connectivity index (χ0n) is 22.5. The lowest BCUT2D eigenvalue weighted by Crippen LogP contribution is -2.62. The molecule has 3 saturated carbocycles. The van der Waals surface area contributed by atoms with Gasteiger partial charge in [0.2, 0.25) is 0 Å². The molecule has 0 saturated heterocycles. The highest BCUT2D eigenvalue weighted by atomic mass is 16.3. The second-order valence-electron chi connectivity index (χ2n) is 13.9. The summed E-state index contributed by atoms with van der Waals surface area (Å²) in [5, 5.41) is 32.5. The number of aliphatic hydroxyl groups excluding tert-OH is 2. The molecule has 0 bridgehead atoms. The summed E-state index contributed by atoms with van der Waals surface area (Å²) < 4.78 is 0. The summed E-state index contributed by atoms with van der Waals surface area (Å²) >= 11 is 0. The Bertz CT molecular complexity index is 866. The van der Waals surface area contributed by atoms with Gasteiger partial charge in [-0.05, 0) is 87.4 Å². The molecule has 0 amide bonds. The number of hydrogen-bond acceptors (Lipinski definition) is 4. The zero-order chi connectivity index (χ0) is 25.3. The summed E-state index contributed by atoms with van der Waals surface area (Å²) in [7, 11) is 0. The summed E-state index contributed by atoms with van der Waals surface area (Å²) in [6, 6.07) is 0. The first kappa shape index (κ1) is 26.1. The monoisotopic (exact) mass is 472 g/mol. The summed E-state index contributed by atoms with van der Waals surface area (Å²) in [5.74, 6) is 1.03. The third-order valence-electron chi connectivity index (χ3n) is 11.3. The van der Waals surface area contributed by atoms with Crippen LogP contribution in [0.4, 0.5) is 0 Å². The average Bonchev–Trinajstić information content (AvgIpc) is 3.05. The third-order valence-corrected chi connectivity index (χ3v) is 11.3. The number of carbonyl (C=O) groups excluding carboxylic acids is 1. The van der Waals surface area contributed by atoms with Crippen molar-refractivity contribution in [3.05, 3.63) is 23.8 Å². The molecule has 0 spiro atoms. The third kappa shape index (κ3) is 3.61. The highest BCUT2D eigenvalue weighted by Crippen LogP contribution is 2.73. The number of allylic oxidation sites excluding steroid dienone is 1. The molecule has 0 heterocycles. The number of aliphatic hydroxyl groups is 3. The lowest BCUT2D eigenvalue weighted by Gasteiger charge is -2.64. The maximum Gasteiger partial charge on any atom is 0.127 e. The predicted molar refractivity (Wildman–Crippen MR) is 136 cm³/mol. The molecule has 4 aliphatic carbocycles. The molecule has 34 heavy (non-hydrogen) atoms. The van der Waals surface area contributed by atoms with E-state index in [9.17, 15) is 20.1 Å². The maximum absolute atomic E-state index is 13.1.